The molecule has 1 saturated heterocycles. The molecule has 0 amide bonds. The van der Waals surface area contributed by atoms with E-state index >= 15 is 0 Å². The summed E-state index contributed by atoms with van der Waals surface area (Å²) in [5.74, 6) is -0.965. The van der Waals surface area contributed by atoms with Crippen molar-refractivity contribution < 1.29 is 14.3 Å². The second kappa shape index (κ2) is 5.29. The largest absolute Gasteiger partial charge is 0.481 e. The van der Waals surface area contributed by atoms with Crippen LogP contribution in [-0.4, -0.2) is 29.1 Å². The van der Waals surface area contributed by atoms with Gasteiger partial charge in [0.2, 0.25) is 0 Å². The summed E-state index contributed by atoms with van der Waals surface area (Å²) < 4.78 is 13.2. The molecule has 1 aliphatic rings. The molecule has 0 radical (unpaired) electrons. The van der Waals surface area contributed by atoms with Gasteiger partial charge >= 0.3 is 5.97 Å². The summed E-state index contributed by atoms with van der Waals surface area (Å²) in [6.45, 7) is 5.21. The summed E-state index contributed by atoms with van der Waals surface area (Å²) in [4.78, 5) is 13.6. The monoisotopic (exact) mass is 265 g/mol. The highest BCUT2D eigenvalue weighted by atomic mass is 19.1. The Morgan fingerprint density at radius 1 is 1.58 bits per heavy atom. The molecule has 1 fully saturated rings. The molecule has 1 aliphatic heterocycles. The number of halogens is 1. The average Bonchev–Trinajstić information content (AvgIpc) is 2.83. The highest BCUT2D eigenvalue weighted by Crippen LogP contribution is 2.38. The third-order valence-electron chi connectivity index (χ3n) is 4.39. The third kappa shape index (κ3) is 2.63. The molecule has 0 bridgehead atoms. The van der Waals surface area contributed by atoms with Crippen molar-refractivity contribution in [3.63, 3.8) is 0 Å². The molecular weight excluding hydrogens is 245 g/mol. The molecule has 2 rings (SSSR count). The van der Waals surface area contributed by atoms with E-state index in [9.17, 15) is 14.3 Å². The zero-order valence-electron chi connectivity index (χ0n) is 11.4. The maximum atomic E-state index is 13.2. The fourth-order valence-corrected chi connectivity index (χ4v) is 2.83. The van der Waals surface area contributed by atoms with Crippen LogP contribution in [-0.2, 0) is 4.79 Å². The number of carboxylic acids is 1. The number of hydrogen-bond acceptors (Lipinski definition) is 2. The lowest BCUT2D eigenvalue weighted by Crippen LogP contribution is -2.35. The van der Waals surface area contributed by atoms with Gasteiger partial charge in [0, 0.05) is 12.6 Å². The van der Waals surface area contributed by atoms with Crippen LogP contribution in [0.2, 0.25) is 0 Å². The van der Waals surface area contributed by atoms with Crippen LogP contribution in [0.25, 0.3) is 0 Å². The van der Waals surface area contributed by atoms with Crippen molar-refractivity contribution >= 4 is 5.97 Å². The predicted molar refractivity (Wildman–Crippen MR) is 71.4 cm³/mol. The number of nitrogens with zero attached hydrogens (tertiary/aromatic N) is 1. The van der Waals surface area contributed by atoms with E-state index in [0.29, 0.717) is 19.4 Å². The molecule has 1 aromatic carbocycles. The Kier molecular flexibility index (Phi) is 3.90. The summed E-state index contributed by atoms with van der Waals surface area (Å²) in [6, 6.07) is 6.58. The molecule has 1 heterocycles. The van der Waals surface area contributed by atoms with Gasteiger partial charge in [-0.25, -0.2) is 4.39 Å². The van der Waals surface area contributed by atoms with Crippen molar-refractivity contribution in [1.29, 1.82) is 0 Å². The Hall–Kier alpha value is -1.42. The second-order valence-electron chi connectivity index (χ2n) is 5.39. The van der Waals surface area contributed by atoms with Gasteiger partial charge in [-0.05, 0) is 44.0 Å². The lowest BCUT2D eigenvalue weighted by molar-refractivity contribution is -0.148. The van der Waals surface area contributed by atoms with Crippen LogP contribution in [0.1, 0.15) is 38.3 Å². The molecule has 1 aromatic rings. The molecule has 3 nitrogen and oxygen atoms in total. The van der Waals surface area contributed by atoms with Crippen LogP contribution in [0.3, 0.4) is 0 Å². The minimum Gasteiger partial charge on any atom is -0.481 e. The zero-order valence-corrected chi connectivity index (χ0v) is 11.4. The van der Waals surface area contributed by atoms with E-state index in [-0.39, 0.29) is 11.9 Å². The fourth-order valence-electron chi connectivity index (χ4n) is 2.83. The summed E-state index contributed by atoms with van der Waals surface area (Å²) in [6.07, 6.45) is 1.30. The number of rotatable bonds is 4. The first-order valence-corrected chi connectivity index (χ1v) is 6.71. The first-order valence-electron chi connectivity index (χ1n) is 6.71. The third-order valence-corrected chi connectivity index (χ3v) is 4.39. The van der Waals surface area contributed by atoms with Gasteiger partial charge < -0.3 is 5.11 Å². The number of likely N-dealkylation sites (tertiary alicyclic amines) is 1. The van der Waals surface area contributed by atoms with Crippen molar-refractivity contribution in [3.05, 3.63) is 35.6 Å². The maximum Gasteiger partial charge on any atom is 0.310 e. The summed E-state index contributed by atoms with van der Waals surface area (Å²) in [5, 5.41) is 9.39. The summed E-state index contributed by atoms with van der Waals surface area (Å²) >= 11 is 0. The van der Waals surface area contributed by atoms with Crippen LogP contribution >= 0.6 is 0 Å². The number of carbonyl (C=O) groups is 1. The maximum absolute atomic E-state index is 13.2. The second-order valence-corrected chi connectivity index (χ2v) is 5.39. The first-order chi connectivity index (χ1) is 8.98. The SMILES string of the molecule is CCC1(C(=O)O)CCN(C(C)c2cccc(F)c2)C1. The van der Waals surface area contributed by atoms with Crippen LogP contribution < -0.4 is 0 Å². The van der Waals surface area contributed by atoms with E-state index in [1.165, 1.54) is 12.1 Å². The average molecular weight is 265 g/mol. The highest BCUT2D eigenvalue weighted by Gasteiger charge is 2.44. The van der Waals surface area contributed by atoms with Crippen LogP contribution in [0, 0.1) is 11.2 Å². The Balaban J connectivity index is 2.14. The molecule has 104 valence electrons. The van der Waals surface area contributed by atoms with Gasteiger partial charge in [-0.1, -0.05) is 19.1 Å². The minimum absolute atomic E-state index is 0.0449. The lowest BCUT2D eigenvalue weighted by Gasteiger charge is -2.27. The zero-order chi connectivity index (χ0) is 14.0. The predicted octanol–water partition coefficient (Wildman–Crippen LogP) is 3.07. The first kappa shape index (κ1) is 14.0. The van der Waals surface area contributed by atoms with Crippen LogP contribution in [0.5, 0.6) is 0 Å². The van der Waals surface area contributed by atoms with E-state index in [1.54, 1.807) is 6.07 Å². The summed E-state index contributed by atoms with van der Waals surface area (Å²) in [5.41, 5.74) is 0.263. The fraction of sp³-hybridized carbons (Fsp3) is 0.533. The minimum atomic E-state index is -0.719. The van der Waals surface area contributed by atoms with Crippen molar-refractivity contribution in [2.75, 3.05) is 13.1 Å². The molecule has 2 atom stereocenters. The smallest absolute Gasteiger partial charge is 0.310 e. The van der Waals surface area contributed by atoms with Crippen molar-refractivity contribution in [1.82, 2.24) is 4.90 Å². The van der Waals surface area contributed by atoms with Crippen molar-refractivity contribution in [2.45, 2.75) is 32.7 Å². The van der Waals surface area contributed by atoms with E-state index in [1.807, 2.05) is 19.9 Å². The van der Waals surface area contributed by atoms with Gasteiger partial charge in [0.1, 0.15) is 5.82 Å². The number of benzene rings is 1. The molecule has 0 spiro atoms. The van der Waals surface area contributed by atoms with Gasteiger partial charge in [-0.2, -0.15) is 0 Å². The molecule has 0 aliphatic carbocycles. The number of hydrogen-bond donors (Lipinski definition) is 1. The van der Waals surface area contributed by atoms with Gasteiger partial charge in [-0.15, -0.1) is 0 Å². The summed E-state index contributed by atoms with van der Waals surface area (Å²) in [7, 11) is 0. The van der Waals surface area contributed by atoms with Gasteiger partial charge in [0.15, 0.2) is 0 Å². The topological polar surface area (TPSA) is 40.5 Å². The van der Waals surface area contributed by atoms with Crippen molar-refractivity contribution in [3.8, 4) is 0 Å². The highest BCUT2D eigenvalue weighted by molar-refractivity contribution is 5.75. The number of aliphatic carboxylic acids is 1. The normalized spacial score (nSPS) is 25.4. The molecule has 1 N–H and O–H groups in total. The van der Waals surface area contributed by atoms with Gasteiger partial charge in [0.25, 0.3) is 0 Å². The van der Waals surface area contributed by atoms with E-state index in [4.69, 9.17) is 0 Å². The molecule has 4 heteroatoms. The Bertz CT molecular complexity index is 477. The van der Waals surface area contributed by atoms with Crippen molar-refractivity contribution in [2.24, 2.45) is 5.41 Å². The van der Waals surface area contributed by atoms with Crippen LogP contribution in [0.4, 0.5) is 4.39 Å². The standard InChI is InChI=1S/C15H20FNO2/c1-3-15(14(18)19)7-8-17(10-15)11(2)12-5-4-6-13(16)9-12/h4-6,9,11H,3,7-8,10H2,1-2H3,(H,18,19). The quantitative estimate of drug-likeness (QED) is 0.909. The molecular formula is C15H20FNO2. The van der Waals surface area contributed by atoms with E-state index in [0.717, 1.165) is 12.1 Å². The Morgan fingerprint density at radius 2 is 2.32 bits per heavy atom. The van der Waals surface area contributed by atoms with Gasteiger partial charge in [-0.3, -0.25) is 9.69 Å². The molecule has 2 unspecified atom stereocenters. The molecule has 19 heavy (non-hydrogen) atoms. The Morgan fingerprint density at radius 3 is 2.84 bits per heavy atom. The number of carboxylic acid groups (broad SMARTS) is 1. The van der Waals surface area contributed by atoms with Crippen LogP contribution in [0.15, 0.2) is 24.3 Å². The van der Waals surface area contributed by atoms with E-state index in [2.05, 4.69) is 4.90 Å². The van der Waals surface area contributed by atoms with E-state index < -0.39 is 11.4 Å². The molecule has 0 aromatic heterocycles. The molecule has 0 saturated carbocycles. The lowest BCUT2D eigenvalue weighted by atomic mass is 9.84. The van der Waals surface area contributed by atoms with Gasteiger partial charge in [0.05, 0.1) is 5.41 Å². The Labute approximate surface area is 113 Å².